The fourth-order valence-corrected chi connectivity index (χ4v) is 1.70. The smallest absolute Gasteiger partial charge is 0.111 e. The van der Waals surface area contributed by atoms with E-state index in [1.54, 1.807) is 13.0 Å². The lowest BCUT2D eigenvalue weighted by molar-refractivity contribution is -0.00286. The van der Waals surface area contributed by atoms with E-state index in [9.17, 15) is 5.11 Å². The second-order valence-corrected chi connectivity index (χ2v) is 3.77. The summed E-state index contributed by atoms with van der Waals surface area (Å²) in [6.07, 6.45) is 0. The molecule has 0 aliphatic rings. The van der Waals surface area contributed by atoms with E-state index in [4.69, 9.17) is 5.11 Å². The first-order chi connectivity index (χ1) is 5.58. The molecule has 1 atom stereocenters. The second-order valence-electron chi connectivity index (χ2n) is 2.91. The third kappa shape index (κ3) is 1.86. The summed E-state index contributed by atoms with van der Waals surface area (Å²) >= 11 is 3.30. The van der Waals surface area contributed by atoms with E-state index in [2.05, 4.69) is 15.9 Å². The van der Waals surface area contributed by atoms with E-state index in [-0.39, 0.29) is 6.61 Å². The summed E-state index contributed by atoms with van der Waals surface area (Å²) in [5.74, 6) is 0. The molecule has 0 bridgehead atoms. The van der Waals surface area contributed by atoms with Crippen LogP contribution in [0.4, 0.5) is 0 Å². The molecule has 0 fully saturated rings. The van der Waals surface area contributed by atoms with Crippen LogP contribution in [0.5, 0.6) is 0 Å². The van der Waals surface area contributed by atoms with E-state index in [1.165, 1.54) is 0 Å². The highest BCUT2D eigenvalue weighted by atomic mass is 79.9. The zero-order valence-corrected chi connectivity index (χ0v) is 8.37. The highest BCUT2D eigenvalue weighted by molar-refractivity contribution is 9.10. The monoisotopic (exact) mass is 230 g/mol. The maximum absolute atomic E-state index is 9.70. The van der Waals surface area contributed by atoms with Gasteiger partial charge < -0.3 is 10.2 Å². The van der Waals surface area contributed by atoms with Crippen LogP contribution in [0, 0.1) is 0 Å². The van der Waals surface area contributed by atoms with E-state index >= 15 is 0 Å². The van der Waals surface area contributed by atoms with Crippen LogP contribution in [0.15, 0.2) is 28.7 Å². The average molecular weight is 231 g/mol. The average Bonchev–Trinajstić information content (AvgIpc) is 2.05. The zero-order chi connectivity index (χ0) is 9.19. The molecule has 0 radical (unpaired) electrons. The summed E-state index contributed by atoms with van der Waals surface area (Å²) in [7, 11) is 0. The van der Waals surface area contributed by atoms with Crippen molar-refractivity contribution >= 4 is 15.9 Å². The largest absolute Gasteiger partial charge is 0.393 e. The van der Waals surface area contributed by atoms with Gasteiger partial charge in [0.1, 0.15) is 5.60 Å². The summed E-state index contributed by atoms with van der Waals surface area (Å²) in [5, 5.41) is 18.6. The molecular weight excluding hydrogens is 220 g/mol. The van der Waals surface area contributed by atoms with Crippen molar-refractivity contribution in [2.75, 3.05) is 6.61 Å². The van der Waals surface area contributed by atoms with Crippen LogP contribution in [-0.4, -0.2) is 16.8 Å². The van der Waals surface area contributed by atoms with Crippen LogP contribution in [0.3, 0.4) is 0 Å². The van der Waals surface area contributed by atoms with Crippen molar-refractivity contribution in [1.82, 2.24) is 0 Å². The van der Waals surface area contributed by atoms with E-state index in [1.807, 2.05) is 18.2 Å². The molecular formula is C9H11BrO2. The highest BCUT2D eigenvalue weighted by Gasteiger charge is 2.23. The molecule has 0 saturated carbocycles. The van der Waals surface area contributed by atoms with Crippen molar-refractivity contribution in [2.45, 2.75) is 12.5 Å². The van der Waals surface area contributed by atoms with Gasteiger partial charge in [0.05, 0.1) is 6.61 Å². The molecule has 0 aliphatic carbocycles. The van der Waals surface area contributed by atoms with Crippen molar-refractivity contribution < 1.29 is 10.2 Å². The van der Waals surface area contributed by atoms with E-state index < -0.39 is 5.60 Å². The molecule has 0 aromatic heterocycles. The first kappa shape index (κ1) is 9.71. The van der Waals surface area contributed by atoms with Gasteiger partial charge in [0, 0.05) is 4.47 Å². The van der Waals surface area contributed by atoms with Gasteiger partial charge in [0.15, 0.2) is 0 Å². The summed E-state index contributed by atoms with van der Waals surface area (Å²) in [4.78, 5) is 0. The van der Waals surface area contributed by atoms with Gasteiger partial charge in [-0.3, -0.25) is 0 Å². The molecule has 66 valence electrons. The van der Waals surface area contributed by atoms with E-state index in [0.29, 0.717) is 5.56 Å². The number of benzene rings is 1. The minimum absolute atomic E-state index is 0.282. The number of aliphatic hydroxyl groups is 2. The van der Waals surface area contributed by atoms with E-state index in [0.717, 1.165) is 4.47 Å². The predicted molar refractivity (Wildman–Crippen MR) is 50.8 cm³/mol. The lowest BCUT2D eigenvalue weighted by Crippen LogP contribution is -2.26. The second kappa shape index (κ2) is 3.56. The molecule has 1 rings (SSSR count). The highest BCUT2D eigenvalue weighted by Crippen LogP contribution is 2.27. The molecule has 1 aromatic rings. The van der Waals surface area contributed by atoms with Crippen molar-refractivity contribution in [3.05, 3.63) is 34.3 Å². The third-order valence-electron chi connectivity index (χ3n) is 1.76. The van der Waals surface area contributed by atoms with Gasteiger partial charge in [-0.15, -0.1) is 0 Å². The van der Waals surface area contributed by atoms with Gasteiger partial charge in [-0.25, -0.2) is 0 Å². The Morgan fingerprint density at radius 1 is 1.42 bits per heavy atom. The summed E-state index contributed by atoms with van der Waals surface area (Å²) in [5.41, 5.74) is -0.465. The maximum Gasteiger partial charge on any atom is 0.111 e. The molecule has 0 aliphatic heterocycles. The van der Waals surface area contributed by atoms with Crippen LogP contribution in [0.2, 0.25) is 0 Å². The maximum atomic E-state index is 9.70. The van der Waals surface area contributed by atoms with Gasteiger partial charge in [-0.1, -0.05) is 34.1 Å². The topological polar surface area (TPSA) is 40.5 Å². The summed E-state index contributed by atoms with van der Waals surface area (Å²) in [6.45, 7) is 1.29. The summed E-state index contributed by atoms with van der Waals surface area (Å²) in [6, 6.07) is 7.30. The lowest BCUT2D eigenvalue weighted by Gasteiger charge is -2.21. The van der Waals surface area contributed by atoms with Crippen molar-refractivity contribution in [1.29, 1.82) is 0 Å². The Morgan fingerprint density at radius 2 is 2.00 bits per heavy atom. The molecule has 12 heavy (non-hydrogen) atoms. The first-order valence-electron chi connectivity index (χ1n) is 3.66. The Kier molecular flexibility index (Phi) is 2.88. The fourth-order valence-electron chi connectivity index (χ4n) is 0.983. The Morgan fingerprint density at radius 3 is 2.50 bits per heavy atom. The molecule has 2 N–H and O–H groups in total. The molecule has 0 heterocycles. The van der Waals surface area contributed by atoms with Crippen molar-refractivity contribution in [3.8, 4) is 0 Å². The molecule has 0 spiro atoms. The number of hydrogen-bond donors (Lipinski definition) is 2. The minimum atomic E-state index is -1.17. The predicted octanol–water partition coefficient (Wildman–Crippen LogP) is 1.65. The van der Waals surface area contributed by atoms with Crippen LogP contribution >= 0.6 is 15.9 Å². The van der Waals surface area contributed by atoms with Crippen LogP contribution < -0.4 is 0 Å². The third-order valence-corrected chi connectivity index (χ3v) is 2.45. The molecule has 1 unspecified atom stereocenters. The molecule has 3 heteroatoms. The SMILES string of the molecule is CC(O)(CO)c1ccccc1Br. The van der Waals surface area contributed by atoms with Crippen molar-refractivity contribution in [2.24, 2.45) is 0 Å². The Balaban J connectivity index is 3.10. The minimum Gasteiger partial charge on any atom is -0.393 e. The number of hydrogen-bond acceptors (Lipinski definition) is 2. The Labute approximate surface area is 80.0 Å². The van der Waals surface area contributed by atoms with Gasteiger partial charge in [0.2, 0.25) is 0 Å². The fraction of sp³-hybridized carbons (Fsp3) is 0.333. The van der Waals surface area contributed by atoms with Gasteiger partial charge >= 0.3 is 0 Å². The number of rotatable bonds is 2. The normalized spacial score (nSPS) is 15.7. The standard InChI is InChI=1S/C9H11BrO2/c1-9(12,6-11)7-4-2-3-5-8(7)10/h2-5,11-12H,6H2,1H3. The Hall–Kier alpha value is -0.380. The van der Waals surface area contributed by atoms with Crippen LogP contribution in [-0.2, 0) is 5.60 Å². The molecule has 2 nitrogen and oxygen atoms in total. The first-order valence-corrected chi connectivity index (χ1v) is 4.45. The molecule has 0 saturated heterocycles. The summed E-state index contributed by atoms with van der Waals surface area (Å²) < 4.78 is 0.809. The van der Waals surface area contributed by atoms with Crippen LogP contribution in [0.1, 0.15) is 12.5 Å². The van der Waals surface area contributed by atoms with Gasteiger partial charge in [0.25, 0.3) is 0 Å². The quantitative estimate of drug-likeness (QED) is 0.812. The molecule has 0 amide bonds. The van der Waals surface area contributed by atoms with Crippen molar-refractivity contribution in [3.63, 3.8) is 0 Å². The van der Waals surface area contributed by atoms with Crippen LogP contribution in [0.25, 0.3) is 0 Å². The number of halogens is 1. The lowest BCUT2D eigenvalue weighted by atomic mass is 9.97. The van der Waals surface area contributed by atoms with Gasteiger partial charge in [-0.2, -0.15) is 0 Å². The number of aliphatic hydroxyl groups excluding tert-OH is 1. The Bertz CT molecular complexity index is 271. The zero-order valence-electron chi connectivity index (χ0n) is 6.79. The van der Waals surface area contributed by atoms with Gasteiger partial charge in [-0.05, 0) is 18.6 Å². The molecule has 1 aromatic carbocycles.